The summed E-state index contributed by atoms with van der Waals surface area (Å²) in [6.07, 6.45) is 2.11. The van der Waals surface area contributed by atoms with Crippen molar-refractivity contribution in [3.8, 4) is 0 Å². The van der Waals surface area contributed by atoms with Crippen molar-refractivity contribution in [3.63, 3.8) is 0 Å². The summed E-state index contributed by atoms with van der Waals surface area (Å²) < 4.78 is 5.80. The summed E-state index contributed by atoms with van der Waals surface area (Å²) in [4.78, 5) is 7.14. The van der Waals surface area contributed by atoms with Crippen LogP contribution in [0.1, 0.15) is 40.5 Å². The van der Waals surface area contributed by atoms with Gasteiger partial charge < -0.3 is 9.64 Å². The number of allylic oxidation sites excluding steroid dienone is 1. The predicted octanol–water partition coefficient (Wildman–Crippen LogP) is 2.79. The van der Waals surface area contributed by atoms with Crippen molar-refractivity contribution < 1.29 is 4.74 Å². The van der Waals surface area contributed by atoms with E-state index in [0.717, 1.165) is 37.6 Å². The molecule has 0 aromatic heterocycles. The van der Waals surface area contributed by atoms with Gasteiger partial charge in [0.25, 0.3) is 0 Å². The molecule has 0 N–H and O–H groups in total. The molecular weight excluding hydrogens is 200 g/mol. The Morgan fingerprint density at radius 1 is 1.50 bits per heavy atom. The van der Waals surface area contributed by atoms with Gasteiger partial charge in [0.15, 0.2) is 5.82 Å². The molecule has 0 bridgehead atoms. The number of hydrogen-bond acceptors (Lipinski definition) is 3. The van der Waals surface area contributed by atoms with Crippen LogP contribution in [0.5, 0.6) is 0 Å². The highest BCUT2D eigenvalue weighted by Gasteiger charge is 2.30. The zero-order valence-corrected chi connectivity index (χ0v) is 10.8. The Labute approximate surface area is 98.2 Å². The van der Waals surface area contributed by atoms with Gasteiger partial charge in [-0.3, -0.25) is 0 Å². The molecule has 3 nitrogen and oxygen atoms in total. The maximum atomic E-state index is 5.80. The highest BCUT2D eigenvalue weighted by Crippen LogP contribution is 2.32. The Morgan fingerprint density at radius 2 is 2.25 bits per heavy atom. The minimum Gasteiger partial charge on any atom is -0.492 e. The summed E-state index contributed by atoms with van der Waals surface area (Å²) >= 11 is 0. The Hall–Kier alpha value is -0.990. The number of hydrogen-bond donors (Lipinski definition) is 0. The van der Waals surface area contributed by atoms with Gasteiger partial charge in [0.2, 0.25) is 0 Å². The maximum Gasteiger partial charge on any atom is 0.167 e. The first kappa shape index (κ1) is 11.5. The number of ether oxygens (including phenoxy) is 1. The van der Waals surface area contributed by atoms with E-state index in [9.17, 15) is 0 Å². The summed E-state index contributed by atoms with van der Waals surface area (Å²) in [6, 6.07) is 0.501. The summed E-state index contributed by atoms with van der Waals surface area (Å²) in [6.45, 7) is 10.6. The summed E-state index contributed by atoms with van der Waals surface area (Å²) in [7, 11) is 0. The van der Waals surface area contributed by atoms with Gasteiger partial charge >= 0.3 is 0 Å². The lowest BCUT2D eigenvalue weighted by Gasteiger charge is -2.38. The van der Waals surface area contributed by atoms with Crippen LogP contribution in [0, 0.1) is 5.92 Å². The van der Waals surface area contributed by atoms with Crippen molar-refractivity contribution in [2.45, 2.75) is 46.6 Å². The lowest BCUT2D eigenvalue weighted by atomic mass is 9.96. The van der Waals surface area contributed by atoms with Crippen LogP contribution >= 0.6 is 0 Å². The molecule has 3 heteroatoms. The monoisotopic (exact) mass is 222 g/mol. The molecule has 2 rings (SSSR count). The molecular formula is C13H22N2O. The molecule has 0 amide bonds. The van der Waals surface area contributed by atoms with Crippen LogP contribution in [0.2, 0.25) is 0 Å². The number of rotatable bonds is 2. The van der Waals surface area contributed by atoms with Crippen molar-refractivity contribution >= 4 is 5.71 Å². The topological polar surface area (TPSA) is 24.8 Å². The van der Waals surface area contributed by atoms with E-state index >= 15 is 0 Å². The van der Waals surface area contributed by atoms with Crippen molar-refractivity contribution in [2.24, 2.45) is 10.9 Å². The predicted molar refractivity (Wildman–Crippen MR) is 66.3 cm³/mol. The molecule has 2 aliphatic heterocycles. The van der Waals surface area contributed by atoms with Gasteiger partial charge in [-0.25, -0.2) is 4.99 Å². The SMILES string of the molecule is CCC1=NC2=C(OCCN2C(C)C)C(C)C1. The third kappa shape index (κ3) is 1.95. The average Bonchev–Trinajstić information content (AvgIpc) is 2.28. The zero-order valence-electron chi connectivity index (χ0n) is 10.8. The van der Waals surface area contributed by atoms with Crippen molar-refractivity contribution in [1.29, 1.82) is 0 Å². The average molecular weight is 222 g/mol. The molecule has 1 atom stereocenters. The van der Waals surface area contributed by atoms with Crippen LogP contribution in [0.25, 0.3) is 0 Å². The van der Waals surface area contributed by atoms with E-state index in [0.29, 0.717) is 12.0 Å². The normalized spacial score (nSPS) is 25.4. The van der Waals surface area contributed by atoms with Gasteiger partial charge in [0.1, 0.15) is 12.4 Å². The van der Waals surface area contributed by atoms with Crippen LogP contribution in [-0.2, 0) is 4.74 Å². The number of aliphatic imine (C=N–C) groups is 1. The lowest BCUT2D eigenvalue weighted by molar-refractivity contribution is 0.0904. The summed E-state index contributed by atoms with van der Waals surface area (Å²) in [5.41, 5.74) is 1.31. The van der Waals surface area contributed by atoms with Crippen LogP contribution in [0.4, 0.5) is 0 Å². The molecule has 0 radical (unpaired) electrons. The molecule has 2 heterocycles. The highest BCUT2D eigenvalue weighted by molar-refractivity contribution is 5.86. The second kappa shape index (κ2) is 4.48. The maximum absolute atomic E-state index is 5.80. The third-order valence-corrected chi connectivity index (χ3v) is 3.37. The second-order valence-corrected chi connectivity index (χ2v) is 4.96. The summed E-state index contributed by atoms with van der Waals surface area (Å²) in [5, 5.41) is 0. The fourth-order valence-electron chi connectivity index (χ4n) is 2.42. The van der Waals surface area contributed by atoms with E-state index < -0.39 is 0 Å². The molecule has 0 aromatic rings. The quantitative estimate of drug-likeness (QED) is 0.717. The highest BCUT2D eigenvalue weighted by atomic mass is 16.5. The van der Waals surface area contributed by atoms with Crippen molar-refractivity contribution in [3.05, 3.63) is 11.6 Å². The minimum absolute atomic E-state index is 0.490. The van der Waals surface area contributed by atoms with E-state index in [1.807, 2.05) is 0 Å². The first-order chi connectivity index (χ1) is 7.63. The molecule has 1 unspecified atom stereocenters. The van der Waals surface area contributed by atoms with Crippen molar-refractivity contribution in [2.75, 3.05) is 13.2 Å². The smallest absolute Gasteiger partial charge is 0.167 e. The first-order valence-corrected chi connectivity index (χ1v) is 6.33. The van der Waals surface area contributed by atoms with E-state index in [-0.39, 0.29) is 0 Å². The Balaban J connectivity index is 2.35. The first-order valence-electron chi connectivity index (χ1n) is 6.33. The fourth-order valence-corrected chi connectivity index (χ4v) is 2.42. The lowest BCUT2D eigenvalue weighted by Crippen LogP contribution is -2.39. The molecule has 2 aliphatic rings. The van der Waals surface area contributed by atoms with E-state index in [1.165, 1.54) is 5.71 Å². The summed E-state index contributed by atoms with van der Waals surface area (Å²) in [5.74, 6) is 2.69. The van der Waals surface area contributed by atoms with Gasteiger partial charge in [-0.15, -0.1) is 0 Å². The van der Waals surface area contributed by atoms with Gasteiger partial charge in [0.05, 0.1) is 6.54 Å². The van der Waals surface area contributed by atoms with Crippen LogP contribution in [-0.4, -0.2) is 29.8 Å². The van der Waals surface area contributed by atoms with E-state index in [4.69, 9.17) is 9.73 Å². The standard InChI is InChI=1S/C13H22N2O/c1-5-11-8-10(4)12-13(14-11)15(9(2)3)6-7-16-12/h9-10H,5-8H2,1-4H3. The van der Waals surface area contributed by atoms with Crippen LogP contribution in [0.3, 0.4) is 0 Å². The Morgan fingerprint density at radius 3 is 2.88 bits per heavy atom. The molecule has 16 heavy (non-hydrogen) atoms. The van der Waals surface area contributed by atoms with Gasteiger partial charge in [-0.1, -0.05) is 13.8 Å². The van der Waals surface area contributed by atoms with Gasteiger partial charge in [-0.05, 0) is 26.7 Å². The molecule has 0 fully saturated rings. The Bertz CT molecular complexity index is 331. The molecule has 0 saturated heterocycles. The van der Waals surface area contributed by atoms with Crippen LogP contribution < -0.4 is 0 Å². The molecule has 90 valence electrons. The largest absolute Gasteiger partial charge is 0.492 e. The molecule has 0 aromatic carbocycles. The molecule has 0 aliphatic carbocycles. The van der Waals surface area contributed by atoms with Crippen molar-refractivity contribution in [1.82, 2.24) is 4.90 Å². The van der Waals surface area contributed by atoms with Crippen LogP contribution in [0.15, 0.2) is 16.6 Å². The van der Waals surface area contributed by atoms with Gasteiger partial charge in [0, 0.05) is 17.7 Å². The zero-order chi connectivity index (χ0) is 11.7. The second-order valence-electron chi connectivity index (χ2n) is 4.96. The Kier molecular flexibility index (Phi) is 3.22. The van der Waals surface area contributed by atoms with Gasteiger partial charge in [-0.2, -0.15) is 0 Å². The molecule has 0 saturated carbocycles. The van der Waals surface area contributed by atoms with E-state index in [1.54, 1.807) is 0 Å². The fraction of sp³-hybridized carbons (Fsp3) is 0.769. The minimum atomic E-state index is 0.490. The third-order valence-electron chi connectivity index (χ3n) is 3.37. The molecule has 0 spiro atoms. The van der Waals surface area contributed by atoms with E-state index in [2.05, 4.69) is 32.6 Å². The number of nitrogens with zero attached hydrogens (tertiary/aromatic N) is 2.